The Morgan fingerprint density at radius 2 is 2.11 bits per heavy atom. The Bertz CT molecular complexity index is 522. The quantitative estimate of drug-likeness (QED) is 0.914. The Labute approximate surface area is 118 Å². The van der Waals surface area contributed by atoms with Crippen LogP contribution in [0.15, 0.2) is 12.4 Å². The first-order chi connectivity index (χ1) is 9.01. The number of thiazole rings is 1. The van der Waals surface area contributed by atoms with Gasteiger partial charge in [-0.1, -0.05) is 0 Å². The van der Waals surface area contributed by atoms with Crippen molar-refractivity contribution in [3.63, 3.8) is 0 Å². The highest BCUT2D eigenvalue weighted by Crippen LogP contribution is 2.28. The SMILES string of the molecule is CCn1cc(C(NC(C)C)c2nc(C)c(C)s2)cn1. The zero-order chi connectivity index (χ0) is 14.0. The lowest BCUT2D eigenvalue weighted by molar-refractivity contribution is 0.526. The first-order valence-electron chi connectivity index (χ1n) is 6.73. The van der Waals surface area contributed by atoms with Gasteiger partial charge in [0.15, 0.2) is 0 Å². The number of nitrogens with one attached hydrogen (secondary N) is 1. The van der Waals surface area contributed by atoms with Gasteiger partial charge < -0.3 is 5.32 Å². The molecule has 1 unspecified atom stereocenters. The predicted octanol–water partition coefficient (Wildman–Crippen LogP) is 3.06. The van der Waals surface area contributed by atoms with Crippen molar-refractivity contribution in [2.24, 2.45) is 0 Å². The molecule has 1 atom stereocenters. The van der Waals surface area contributed by atoms with Crippen molar-refractivity contribution < 1.29 is 0 Å². The molecule has 5 heteroatoms. The molecule has 19 heavy (non-hydrogen) atoms. The molecule has 0 radical (unpaired) electrons. The van der Waals surface area contributed by atoms with Crippen LogP contribution in [0.5, 0.6) is 0 Å². The van der Waals surface area contributed by atoms with Crippen molar-refractivity contribution in [1.29, 1.82) is 0 Å². The van der Waals surface area contributed by atoms with E-state index in [0.29, 0.717) is 6.04 Å². The van der Waals surface area contributed by atoms with E-state index in [1.54, 1.807) is 11.3 Å². The first kappa shape index (κ1) is 14.2. The van der Waals surface area contributed by atoms with E-state index in [1.807, 2.05) is 10.9 Å². The zero-order valence-corrected chi connectivity index (χ0v) is 13.1. The summed E-state index contributed by atoms with van der Waals surface area (Å²) in [4.78, 5) is 5.98. The van der Waals surface area contributed by atoms with Gasteiger partial charge in [-0.15, -0.1) is 11.3 Å². The molecule has 0 aliphatic carbocycles. The highest BCUT2D eigenvalue weighted by atomic mass is 32.1. The summed E-state index contributed by atoms with van der Waals surface area (Å²) in [6.07, 6.45) is 4.04. The van der Waals surface area contributed by atoms with E-state index in [1.165, 1.54) is 10.4 Å². The summed E-state index contributed by atoms with van der Waals surface area (Å²) in [5.41, 5.74) is 2.31. The van der Waals surface area contributed by atoms with Crippen LogP contribution in [0.25, 0.3) is 0 Å². The number of hydrogen-bond donors (Lipinski definition) is 1. The summed E-state index contributed by atoms with van der Waals surface area (Å²) in [6.45, 7) is 11.5. The van der Waals surface area contributed by atoms with E-state index in [0.717, 1.165) is 17.2 Å². The summed E-state index contributed by atoms with van der Waals surface area (Å²) in [6, 6.07) is 0.539. The Balaban J connectivity index is 2.34. The van der Waals surface area contributed by atoms with Crippen molar-refractivity contribution in [1.82, 2.24) is 20.1 Å². The fraction of sp³-hybridized carbons (Fsp3) is 0.571. The second kappa shape index (κ2) is 5.84. The van der Waals surface area contributed by atoms with Crippen LogP contribution in [0, 0.1) is 13.8 Å². The summed E-state index contributed by atoms with van der Waals surface area (Å²) in [5.74, 6) is 0. The summed E-state index contributed by atoms with van der Waals surface area (Å²) in [7, 11) is 0. The molecule has 0 fully saturated rings. The zero-order valence-electron chi connectivity index (χ0n) is 12.3. The van der Waals surface area contributed by atoms with Gasteiger partial charge in [0.1, 0.15) is 5.01 Å². The molecule has 1 N–H and O–H groups in total. The number of aryl methyl sites for hydroxylation is 3. The average Bonchev–Trinajstić information content (AvgIpc) is 2.94. The molecule has 2 rings (SSSR count). The molecular weight excluding hydrogens is 256 g/mol. The van der Waals surface area contributed by atoms with Crippen molar-refractivity contribution in [3.05, 3.63) is 33.5 Å². The maximum absolute atomic E-state index is 4.69. The molecular formula is C14H22N4S. The highest BCUT2D eigenvalue weighted by molar-refractivity contribution is 7.11. The molecule has 2 heterocycles. The van der Waals surface area contributed by atoms with Gasteiger partial charge in [0.05, 0.1) is 17.9 Å². The minimum absolute atomic E-state index is 0.137. The van der Waals surface area contributed by atoms with E-state index in [9.17, 15) is 0 Å². The lowest BCUT2D eigenvalue weighted by Crippen LogP contribution is -2.28. The van der Waals surface area contributed by atoms with Crippen molar-refractivity contribution in [2.45, 2.75) is 53.2 Å². The molecule has 2 aromatic heterocycles. The number of nitrogens with zero attached hydrogens (tertiary/aromatic N) is 3. The fourth-order valence-electron chi connectivity index (χ4n) is 1.97. The molecule has 0 spiro atoms. The first-order valence-corrected chi connectivity index (χ1v) is 7.55. The van der Waals surface area contributed by atoms with Gasteiger partial charge in [0.2, 0.25) is 0 Å². The van der Waals surface area contributed by atoms with Crippen LogP contribution < -0.4 is 5.32 Å². The monoisotopic (exact) mass is 278 g/mol. The van der Waals surface area contributed by atoms with Gasteiger partial charge in [-0.05, 0) is 34.6 Å². The van der Waals surface area contributed by atoms with Gasteiger partial charge in [0.25, 0.3) is 0 Å². The second-order valence-corrected chi connectivity index (χ2v) is 6.31. The standard InChI is InChI=1S/C14H22N4S/c1-6-18-8-12(7-15-18)13(16-9(2)3)14-17-10(4)11(5)19-14/h7-9,13,16H,6H2,1-5H3. The lowest BCUT2D eigenvalue weighted by atomic mass is 10.1. The van der Waals surface area contributed by atoms with Gasteiger partial charge in [0, 0.05) is 29.2 Å². The average molecular weight is 278 g/mol. The second-order valence-electron chi connectivity index (χ2n) is 5.08. The molecule has 104 valence electrons. The maximum Gasteiger partial charge on any atom is 0.115 e. The van der Waals surface area contributed by atoms with E-state index in [-0.39, 0.29) is 6.04 Å². The minimum Gasteiger partial charge on any atom is -0.302 e. The third kappa shape index (κ3) is 3.22. The third-order valence-electron chi connectivity index (χ3n) is 3.10. The summed E-state index contributed by atoms with van der Waals surface area (Å²) in [5, 5.41) is 9.08. The van der Waals surface area contributed by atoms with E-state index >= 15 is 0 Å². The van der Waals surface area contributed by atoms with Crippen LogP contribution >= 0.6 is 11.3 Å². The van der Waals surface area contributed by atoms with E-state index < -0.39 is 0 Å². The third-order valence-corrected chi connectivity index (χ3v) is 4.24. The summed E-state index contributed by atoms with van der Waals surface area (Å²) < 4.78 is 1.96. The Hall–Kier alpha value is -1.20. The molecule has 0 amide bonds. The Morgan fingerprint density at radius 3 is 2.58 bits per heavy atom. The van der Waals surface area contributed by atoms with Gasteiger partial charge in [-0.2, -0.15) is 5.10 Å². The van der Waals surface area contributed by atoms with Gasteiger partial charge >= 0.3 is 0 Å². The van der Waals surface area contributed by atoms with Crippen molar-refractivity contribution in [3.8, 4) is 0 Å². The molecule has 0 aromatic carbocycles. The van der Waals surface area contributed by atoms with Crippen LogP contribution in [0.2, 0.25) is 0 Å². The number of rotatable bonds is 5. The Morgan fingerprint density at radius 1 is 1.37 bits per heavy atom. The Kier molecular flexibility index (Phi) is 4.37. The van der Waals surface area contributed by atoms with Crippen LogP contribution in [0.3, 0.4) is 0 Å². The van der Waals surface area contributed by atoms with E-state index in [4.69, 9.17) is 4.98 Å². The minimum atomic E-state index is 0.137. The van der Waals surface area contributed by atoms with Crippen LogP contribution in [0.4, 0.5) is 0 Å². The van der Waals surface area contributed by atoms with Crippen molar-refractivity contribution >= 4 is 11.3 Å². The highest BCUT2D eigenvalue weighted by Gasteiger charge is 2.20. The molecule has 0 saturated carbocycles. The van der Waals surface area contributed by atoms with Crippen molar-refractivity contribution in [2.75, 3.05) is 0 Å². The fourth-order valence-corrected chi connectivity index (χ4v) is 2.98. The van der Waals surface area contributed by atoms with Crippen LogP contribution in [0.1, 0.15) is 48.0 Å². The summed E-state index contributed by atoms with van der Waals surface area (Å²) >= 11 is 1.77. The van der Waals surface area contributed by atoms with Gasteiger partial charge in [-0.25, -0.2) is 4.98 Å². The maximum atomic E-state index is 4.69. The predicted molar refractivity (Wildman–Crippen MR) is 79.6 cm³/mol. The van der Waals surface area contributed by atoms with E-state index in [2.05, 4.69) is 51.2 Å². The molecule has 4 nitrogen and oxygen atoms in total. The molecule has 0 saturated heterocycles. The van der Waals surface area contributed by atoms with Crippen LogP contribution in [-0.2, 0) is 6.54 Å². The molecule has 2 aromatic rings. The molecule has 0 aliphatic rings. The lowest BCUT2D eigenvalue weighted by Gasteiger charge is -2.17. The van der Waals surface area contributed by atoms with Crippen LogP contribution in [-0.4, -0.2) is 20.8 Å². The molecule has 0 bridgehead atoms. The number of hydrogen-bond acceptors (Lipinski definition) is 4. The normalized spacial score (nSPS) is 13.2. The largest absolute Gasteiger partial charge is 0.302 e. The van der Waals surface area contributed by atoms with Gasteiger partial charge in [-0.3, -0.25) is 4.68 Å². The molecule has 0 aliphatic heterocycles. The number of aromatic nitrogens is 3. The topological polar surface area (TPSA) is 42.7 Å². The smallest absolute Gasteiger partial charge is 0.115 e.